The minimum atomic E-state index is -3.94. The Morgan fingerprint density at radius 2 is 1.63 bits per heavy atom. The zero-order chi connectivity index (χ0) is 19.1. The molecule has 0 radical (unpaired) electrons. The number of ether oxygens (including phenoxy) is 1. The summed E-state index contributed by atoms with van der Waals surface area (Å²) in [5, 5.41) is 2.66. The fraction of sp³-hybridized carbons (Fsp3) is 0.0526. The molecule has 27 heavy (non-hydrogen) atoms. The summed E-state index contributed by atoms with van der Waals surface area (Å²) in [6.45, 7) is -0.239. The number of rotatable bonds is 7. The fourth-order valence-electron chi connectivity index (χ4n) is 2.16. The minimum Gasteiger partial charge on any atom is -0.484 e. The first-order chi connectivity index (χ1) is 13.0. The lowest BCUT2D eigenvalue weighted by atomic mass is 10.3. The molecule has 0 saturated heterocycles. The molecule has 0 unspecified atom stereocenters. The summed E-state index contributed by atoms with van der Waals surface area (Å²) in [5.41, 5.74) is 0.602. The van der Waals surface area contributed by atoms with Crippen molar-refractivity contribution in [2.75, 3.05) is 11.9 Å². The molecule has 138 valence electrons. The Balaban J connectivity index is 1.61. The number of carbonyl (C=O) groups is 1. The topological polar surface area (TPSA) is 94.6 Å². The molecule has 1 amide bonds. The van der Waals surface area contributed by atoms with Crippen LogP contribution in [0.1, 0.15) is 0 Å². The van der Waals surface area contributed by atoms with Gasteiger partial charge in [-0.2, -0.15) is 8.42 Å². The summed E-state index contributed by atoms with van der Waals surface area (Å²) in [7, 11) is -3.94. The monoisotopic (exact) mass is 384 g/mol. The third-order valence-corrected chi connectivity index (χ3v) is 4.64. The van der Waals surface area contributed by atoms with Crippen molar-refractivity contribution in [3.8, 4) is 11.5 Å². The van der Waals surface area contributed by atoms with Crippen molar-refractivity contribution in [1.82, 2.24) is 4.98 Å². The zero-order valence-corrected chi connectivity index (χ0v) is 14.9. The summed E-state index contributed by atoms with van der Waals surface area (Å²) >= 11 is 0. The highest BCUT2D eigenvalue weighted by atomic mass is 32.2. The Hall–Kier alpha value is -3.39. The molecule has 0 saturated carbocycles. The van der Waals surface area contributed by atoms with Crippen LogP contribution in [0.3, 0.4) is 0 Å². The lowest BCUT2D eigenvalue weighted by Gasteiger charge is -2.10. The van der Waals surface area contributed by atoms with Crippen molar-refractivity contribution in [1.29, 1.82) is 0 Å². The summed E-state index contributed by atoms with van der Waals surface area (Å²) in [6, 6.07) is 17.2. The number of pyridine rings is 1. The fourth-order valence-corrected chi connectivity index (χ4v) is 3.10. The van der Waals surface area contributed by atoms with Crippen LogP contribution >= 0.6 is 0 Å². The van der Waals surface area contributed by atoms with E-state index in [4.69, 9.17) is 8.92 Å². The van der Waals surface area contributed by atoms with Gasteiger partial charge in [-0.05, 0) is 36.4 Å². The standard InChI is InChI=1S/C19H16N2O5S/c22-19(21-15-9-11-20-12-10-15)14-25-16-5-4-6-17(13-16)26-27(23,24)18-7-2-1-3-8-18/h1-13H,14H2,(H,20,21,22). The molecule has 0 fully saturated rings. The Labute approximate surface area is 156 Å². The third-order valence-electron chi connectivity index (χ3n) is 3.38. The van der Waals surface area contributed by atoms with E-state index in [0.717, 1.165) is 0 Å². The lowest BCUT2D eigenvalue weighted by Crippen LogP contribution is -2.20. The zero-order valence-electron chi connectivity index (χ0n) is 14.1. The van der Waals surface area contributed by atoms with E-state index in [-0.39, 0.29) is 23.2 Å². The first-order valence-corrected chi connectivity index (χ1v) is 9.36. The normalized spacial score (nSPS) is 10.8. The number of benzene rings is 2. The van der Waals surface area contributed by atoms with Crippen LogP contribution in [0.25, 0.3) is 0 Å². The number of hydrogen-bond acceptors (Lipinski definition) is 6. The van der Waals surface area contributed by atoms with Gasteiger partial charge in [0.25, 0.3) is 5.91 Å². The number of nitrogens with one attached hydrogen (secondary N) is 1. The highest BCUT2D eigenvalue weighted by Gasteiger charge is 2.16. The minimum absolute atomic E-state index is 0.0491. The number of carbonyl (C=O) groups excluding carboxylic acids is 1. The van der Waals surface area contributed by atoms with Gasteiger partial charge in [0.15, 0.2) is 6.61 Å². The van der Waals surface area contributed by atoms with Crippen LogP contribution in [0.2, 0.25) is 0 Å². The number of nitrogens with zero attached hydrogens (tertiary/aromatic N) is 1. The van der Waals surface area contributed by atoms with Gasteiger partial charge in [0.2, 0.25) is 0 Å². The van der Waals surface area contributed by atoms with Gasteiger partial charge in [-0.15, -0.1) is 0 Å². The van der Waals surface area contributed by atoms with Crippen LogP contribution in [-0.4, -0.2) is 25.9 Å². The van der Waals surface area contributed by atoms with Gasteiger partial charge in [-0.3, -0.25) is 9.78 Å². The van der Waals surface area contributed by atoms with Crippen LogP contribution in [0.15, 0.2) is 84.0 Å². The molecule has 0 bridgehead atoms. The Morgan fingerprint density at radius 3 is 2.37 bits per heavy atom. The Bertz CT molecular complexity index is 1010. The first kappa shape index (κ1) is 18.4. The number of anilines is 1. The predicted molar refractivity (Wildman–Crippen MR) is 99.1 cm³/mol. The van der Waals surface area contributed by atoms with E-state index in [1.165, 1.54) is 24.3 Å². The average Bonchev–Trinajstić information content (AvgIpc) is 2.68. The van der Waals surface area contributed by atoms with Crippen molar-refractivity contribution >= 4 is 21.7 Å². The van der Waals surface area contributed by atoms with Crippen molar-refractivity contribution in [3.63, 3.8) is 0 Å². The molecule has 0 aliphatic heterocycles. The van der Waals surface area contributed by atoms with Gasteiger partial charge in [-0.1, -0.05) is 24.3 Å². The highest BCUT2D eigenvalue weighted by Crippen LogP contribution is 2.23. The van der Waals surface area contributed by atoms with Crippen molar-refractivity contribution in [2.24, 2.45) is 0 Å². The maximum Gasteiger partial charge on any atom is 0.339 e. The summed E-state index contributed by atoms with van der Waals surface area (Å²) in [4.78, 5) is 15.8. The van der Waals surface area contributed by atoms with Gasteiger partial charge in [0.1, 0.15) is 16.4 Å². The molecule has 0 atom stereocenters. The van der Waals surface area contributed by atoms with E-state index in [2.05, 4.69) is 10.3 Å². The lowest BCUT2D eigenvalue weighted by molar-refractivity contribution is -0.118. The SMILES string of the molecule is O=C(COc1cccc(OS(=O)(=O)c2ccccc2)c1)Nc1ccncc1. The predicted octanol–water partition coefficient (Wildman–Crippen LogP) is 2.87. The summed E-state index contributed by atoms with van der Waals surface area (Å²) < 4.78 is 35.0. The molecular weight excluding hydrogens is 368 g/mol. The maximum atomic E-state index is 12.2. The van der Waals surface area contributed by atoms with Crippen molar-refractivity contribution < 1.29 is 22.1 Å². The summed E-state index contributed by atoms with van der Waals surface area (Å²) in [6.07, 6.45) is 3.12. The Kier molecular flexibility index (Phi) is 5.68. The van der Waals surface area contributed by atoms with Crippen molar-refractivity contribution in [2.45, 2.75) is 4.90 Å². The second-order valence-electron chi connectivity index (χ2n) is 5.40. The van der Waals surface area contributed by atoms with E-state index in [1.54, 1.807) is 54.9 Å². The maximum absolute atomic E-state index is 12.2. The van der Waals surface area contributed by atoms with E-state index in [0.29, 0.717) is 11.4 Å². The molecule has 3 aromatic rings. The molecule has 1 N–H and O–H groups in total. The first-order valence-electron chi connectivity index (χ1n) is 7.95. The van der Waals surface area contributed by atoms with Gasteiger partial charge < -0.3 is 14.2 Å². The molecule has 0 aliphatic carbocycles. The molecule has 1 heterocycles. The largest absolute Gasteiger partial charge is 0.484 e. The van der Waals surface area contributed by atoms with Crippen LogP contribution in [0.4, 0.5) is 5.69 Å². The smallest absolute Gasteiger partial charge is 0.339 e. The van der Waals surface area contributed by atoms with Crippen LogP contribution in [0, 0.1) is 0 Å². The van der Waals surface area contributed by atoms with Gasteiger partial charge in [-0.25, -0.2) is 0 Å². The molecule has 8 heteroatoms. The molecule has 0 aliphatic rings. The highest BCUT2D eigenvalue weighted by molar-refractivity contribution is 7.87. The summed E-state index contributed by atoms with van der Waals surface area (Å²) in [5.74, 6) is 0.0379. The molecule has 0 spiro atoms. The average molecular weight is 384 g/mol. The molecular formula is C19H16N2O5S. The van der Waals surface area contributed by atoms with Crippen LogP contribution in [-0.2, 0) is 14.9 Å². The van der Waals surface area contributed by atoms with E-state index >= 15 is 0 Å². The quantitative estimate of drug-likeness (QED) is 0.630. The second kappa shape index (κ2) is 8.33. The van der Waals surface area contributed by atoms with E-state index < -0.39 is 10.1 Å². The molecule has 3 rings (SSSR count). The van der Waals surface area contributed by atoms with Crippen LogP contribution < -0.4 is 14.2 Å². The van der Waals surface area contributed by atoms with Gasteiger partial charge in [0, 0.05) is 24.1 Å². The number of hydrogen-bond donors (Lipinski definition) is 1. The number of aromatic nitrogens is 1. The molecule has 1 aromatic heterocycles. The van der Waals surface area contributed by atoms with Gasteiger partial charge >= 0.3 is 10.1 Å². The van der Waals surface area contributed by atoms with Gasteiger partial charge in [0.05, 0.1) is 0 Å². The molecule has 2 aromatic carbocycles. The number of amides is 1. The third kappa shape index (κ3) is 5.29. The van der Waals surface area contributed by atoms with Crippen LogP contribution in [0.5, 0.6) is 11.5 Å². The molecule has 7 nitrogen and oxygen atoms in total. The van der Waals surface area contributed by atoms with Crippen molar-refractivity contribution in [3.05, 3.63) is 79.1 Å². The Morgan fingerprint density at radius 1 is 0.926 bits per heavy atom. The van der Waals surface area contributed by atoms with E-state index in [9.17, 15) is 13.2 Å². The van der Waals surface area contributed by atoms with E-state index in [1.807, 2.05) is 0 Å². The second-order valence-corrected chi connectivity index (χ2v) is 6.94.